The normalized spacial score (nSPS) is 23.8. The third kappa shape index (κ3) is 1.37. The number of nitrogen functional groups attached to an aromatic ring is 1. The van der Waals surface area contributed by atoms with Crippen LogP contribution in [0.1, 0.15) is 32.2 Å². The summed E-state index contributed by atoms with van der Waals surface area (Å²) in [5.74, 6) is 1.42. The van der Waals surface area contributed by atoms with Gasteiger partial charge < -0.3 is 10.3 Å². The number of hydrogen-bond acceptors (Lipinski definition) is 3. The summed E-state index contributed by atoms with van der Waals surface area (Å²) in [6.45, 7) is 2.23. The monoisotopic (exact) mass is 216 g/mol. The van der Waals surface area contributed by atoms with Crippen molar-refractivity contribution in [3.05, 3.63) is 18.5 Å². The molecule has 0 bridgehead atoms. The van der Waals surface area contributed by atoms with Crippen LogP contribution in [-0.2, 0) is 0 Å². The number of nitrogens with zero attached hydrogens (tertiary/aromatic N) is 3. The van der Waals surface area contributed by atoms with Gasteiger partial charge in [0.2, 0.25) is 5.95 Å². The lowest BCUT2D eigenvalue weighted by atomic mass is 10.2. The molecular weight excluding hydrogens is 200 g/mol. The van der Waals surface area contributed by atoms with Crippen LogP contribution >= 0.6 is 0 Å². The lowest BCUT2D eigenvalue weighted by Crippen LogP contribution is -2.02. The summed E-state index contributed by atoms with van der Waals surface area (Å²) in [6.07, 6.45) is 7.35. The van der Waals surface area contributed by atoms with Gasteiger partial charge in [-0.1, -0.05) is 13.3 Å². The van der Waals surface area contributed by atoms with Gasteiger partial charge in [-0.25, -0.2) is 4.98 Å². The van der Waals surface area contributed by atoms with Crippen LogP contribution in [0.15, 0.2) is 18.5 Å². The molecule has 0 radical (unpaired) electrons. The van der Waals surface area contributed by atoms with Crippen LogP contribution in [-0.4, -0.2) is 14.5 Å². The van der Waals surface area contributed by atoms with Gasteiger partial charge in [0.05, 0.1) is 11.7 Å². The third-order valence-corrected chi connectivity index (χ3v) is 3.40. The van der Waals surface area contributed by atoms with E-state index in [-0.39, 0.29) is 0 Å². The molecule has 84 valence electrons. The van der Waals surface area contributed by atoms with Crippen LogP contribution in [0, 0.1) is 5.92 Å². The van der Waals surface area contributed by atoms with E-state index in [0.717, 1.165) is 17.0 Å². The van der Waals surface area contributed by atoms with Gasteiger partial charge in [-0.2, -0.15) is 0 Å². The standard InChI is InChI=1S/C12H16N4/c1-2-3-8-6-11(8)16-10-4-5-14-7-9(10)15-12(16)13/h4-5,7-8,11H,2-3,6H2,1H3,(H2,13,15). The van der Waals surface area contributed by atoms with E-state index in [0.29, 0.717) is 12.0 Å². The number of imidazole rings is 1. The van der Waals surface area contributed by atoms with Crippen LogP contribution in [0.25, 0.3) is 11.0 Å². The molecule has 2 N–H and O–H groups in total. The topological polar surface area (TPSA) is 56.7 Å². The van der Waals surface area contributed by atoms with Gasteiger partial charge in [0, 0.05) is 12.2 Å². The van der Waals surface area contributed by atoms with Gasteiger partial charge in [-0.3, -0.25) is 4.98 Å². The Kier molecular flexibility index (Phi) is 2.09. The van der Waals surface area contributed by atoms with Gasteiger partial charge in [-0.05, 0) is 24.8 Å². The Bertz CT molecular complexity index is 517. The van der Waals surface area contributed by atoms with E-state index < -0.39 is 0 Å². The van der Waals surface area contributed by atoms with Crippen LogP contribution < -0.4 is 5.73 Å². The van der Waals surface area contributed by atoms with Crippen molar-refractivity contribution in [2.24, 2.45) is 5.92 Å². The molecule has 2 aromatic heterocycles. The second kappa shape index (κ2) is 3.47. The minimum absolute atomic E-state index is 0.562. The maximum Gasteiger partial charge on any atom is 0.201 e. The van der Waals surface area contributed by atoms with E-state index in [1.807, 2.05) is 6.07 Å². The van der Waals surface area contributed by atoms with Gasteiger partial charge >= 0.3 is 0 Å². The molecule has 1 saturated carbocycles. The molecule has 0 aliphatic heterocycles. The van der Waals surface area contributed by atoms with Crippen LogP contribution in [0.4, 0.5) is 5.95 Å². The predicted molar refractivity (Wildman–Crippen MR) is 64.0 cm³/mol. The summed E-state index contributed by atoms with van der Waals surface area (Å²) >= 11 is 0. The van der Waals surface area contributed by atoms with Crippen molar-refractivity contribution in [2.45, 2.75) is 32.2 Å². The maximum atomic E-state index is 5.98. The summed E-state index contributed by atoms with van der Waals surface area (Å²) in [6, 6.07) is 2.56. The van der Waals surface area contributed by atoms with Crippen LogP contribution in [0.5, 0.6) is 0 Å². The molecule has 0 amide bonds. The second-order valence-corrected chi connectivity index (χ2v) is 4.56. The molecule has 3 rings (SSSR count). The lowest BCUT2D eigenvalue weighted by Gasteiger charge is -2.04. The number of aromatic nitrogens is 3. The zero-order valence-corrected chi connectivity index (χ0v) is 9.43. The average Bonchev–Trinajstić information content (AvgIpc) is 2.92. The Balaban J connectivity index is 2.01. The van der Waals surface area contributed by atoms with E-state index >= 15 is 0 Å². The van der Waals surface area contributed by atoms with Crippen molar-refractivity contribution in [3.63, 3.8) is 0 Å². The van der Waals surface area contributed by atoms with Crippen molar-refractivity contribution in [1.29, 1.82) is 0 Å². The number of pyridine rings is 1. The van der Waals surface area contributed by atoms with E-state index in [1.54, 1.807) is 12.4 Å². The first-order valence-corrected chi connectivity index (χ1v) is 5.88. The molecule has 4 heteroatoms. The summed E-state index contributed by atoms with van der Waals surface area (Å²) in [5, 5.41) is 0. The van der Waals surface area contributed by atoms with Crippen molar-refractivity contribution in [1.82, 2.24) is 14.5 Å². The molecule has 2 heterocycles. The van der Waals surface area contributed by atoms with Crippen molar-refractivity contribution >= 4 is 17.0 Å². The summed E-state index contributed by atoms with van der Waals surface area (Å²) in [5.41, 5.74) is 8.00. The number of rotatable bonds is 3. The fourth-order valence-electron chi connectivity index (χ4n) is 2.55. The molecule has 4 nitrogen and oxygen atoms in total. The molecule has 0 aromatic carbocycles. The summed E-state index contributed by atoms with van der Waals surface area (Å²) < 4.78 is 2.18. The first kappa shape index (κ1) is 9.63. The molecular formula is C12H16N4. The fraction of sp³-hybridized carbons (Fsp3) is 0.500. The van der Waals surface area contributed by atoms with E-state index in [9.17, 15) is 0 Å². The third-order valence-electron chi connectivity index (χ3n) is 3.40. The second-order valence-electron chi connectivity index (χ2n) is 4.56. The van der Waals surface area contributed by atoms with E-state index in [4.69, 9.17) is 5.73 Å². The number of fused-ring (bicyclic) bond motifs is 1. The van der Waals surface area contributed by atoms with Gasteiger partial charge in [0.15, 0.2) is 0 Å². The first-order chi connectivity index (χ1) is 7.81. The largest absolute Gasteiger partial charge is 0.369 e. The zero-order chi connectivity index (χ0) is 11.1. The van der Waals surface area contributed by atoms with Gasteiger partial charge in [-0.15, -0.1) is 0 Å². The lowest BCUT2D eigenvalue weighted by molar-refractivity contribution is 0.622. The Morgan fingerprint density at radius 3 is 3.25 bits per heavy atom. The Labute approximate surface area is 94.5 Å². The number of hydrogen-bond donors (Lipinski definition) is 1. The van der Waals surface area contributed by atoms with Crippen molar-refractivity contribution < 1.29 is 0 Å². The molecule has 2 atom stereocenters. The smallest absolute Gasteiger partial charge is 0.201 e. The highest BCUT2D eigenvalue weighted by atomic mass is 15.2. The first-order valence-electron chi connectivity index (χ1n) is 5.88. The SMILES string of the molecule is CCCC1CC1n1c(N)nc2cnccc21. The van der Waals surface area contributed by atoms with Crippen molar-refractivity contribution in [2.75, 3.05) is 5.73 Å². The Hall–Kier alpha value is -1.58. The van der Waals surface area contributed by atoms with Crippen molar-refractivity contribution in [3.8, 4) is 0 Å². The highest BCUT2D eigenvalue weighted by Gasteiger charge is 2.39. The zero-order valence-electron chi connectivity index (χ0n) is 9.43. The molecule has 0 spiro atoms. The molecule has 1 aliphatic carbocycles. The average molecular weight is 216 g/mol. The summed E-state index contributed by atoms with van der Waals surface area (Å²) in [4.78, 5) is 8.42. The van der Waals surface area contributed by atoms with Crippen LogP contribution in [0.3, 0.4) is 0 Å². The quantitative estimate of drug-likeness (QED) is 0.857. The predicted octanol–water partition coefficient (Wildman–Crippen LogP) is 2.37. The molecule has 2 aromatic rings. The van der Waals surface area contributed by atoms with E-state index in [1.165, 1.54) is 19.3 Å². The Morgan fingerprint density at radius 1 is 1.56 bits per heavy atom. The highest BCUT2D eigenvalue weighted by molar-refractivity contribution is 5.77. The molecule has 1 aliphatic rings. The summed E-state index contributed by atoms with van der Waals surface area (Å²) in [7, 11) is 0. The highest BCUT2D eigenvalue weighted by Crippen LogP contribution is 2.48. The fourth-order valence-corrected chi connectivity index (χ4v) is 2.55. The number of anilines is 1. The Morgan fingerprint density at radius 2 is 2.44 bits per heavy atom. The molecule has 0 saturated heterocycles. The minimum atomic E-state index is 0.562. The maximum absolute atomic E-state index is 5.98. The molecule has 1 fully saturated rings. The van der Waals surface area contributed by atoms with Gasteiger partial charge in [0.1, 0.15) is 5.52 Å². The van der Waals surface area contributed by atoms with Crippen LogP contribution in [0.2, 0.25) is 0 Å². The van der Waals surface area contributed by atoms with Gasteiger partial charge in [0.25, 0.3) is 0 Å². The number of nitrogens with two attached hydrogens (primary N) is 1. The minimum Gasteiger partial charge on any atom is -0.369 e. The van der Waals surface area contributed by atoms with E-state index in [2.05, 4.69) is 21.5 Å². The molecule has 2 unspecified atom stereocenters. The molecule has 16 heavy (non-hydrogen) atoms.